The molecule has 0 radical (unpaired) electrons. The fraction of sp³-hybridized carbons (Fsp3) is 0.458. The highest BCUT2D eigenvalue weighted by Gasteiger charge is 2.16. The number of methoxy groups -OCH3 is 1. The van der Waals surface area contributed by atoms with Crippen LogP contribution in [0.4, 0.5) is 16.2 Å². The van der Waals surface area contributed by atoms with Crippen LogP contribution in [0.25, 0.3) is 0 Å². The molecule has 0 spiro atoms. The Labute approximate surface area is 207 Å². The number of hydrogen-bond donors (Lipinski definition) is 2. The first-order chi connectivity index (χ1) is 16.7. The maximum atomic E-state index is 11.5. The van der Waals surface area contributed by atoms with Gasteiger partial charge in [0.25, 0.3) is 10.1 Å². The number of ether oxygens (including phenoxy) is 3. The van der Waals surface area contributed by atoms with Crippen molar-refractivity contribution >= 4 is 27.6 Å². The van der Waals surface area contributed by atoms with Crippen molar-refractivity contribution in [1.29, 1.82) is 0 Å². The Bertz CT molecular complexity index is 1000. The van der Waals surface area contributed by atoms with E-state index in [1.807, 2.05) is 0 Å². The third-order valence-corrected chi connectivity index (χ3v) is 5.06. The van der Waals surface area contributed by atoms with E-state index in [0.29, 0.717) is 36.7 Å². The van der Waals surface area contributed by atoms with Gasteiger partial charge in [-0.1, -0.05) is 18.2 Å². The zero-order chi connectivity index (χ0) is 25.7. The maximum Gasteiger partial charge on any atom is 0.411 e. The SMILES string of the molecule is CCOC(=O)Nc1ccc(OCCCN2CCN(c3ccccc3)CC2)c(OC)c1.CS(=O)(=O)O. The van der Waals surface area contributed by atoms with E-state index in [1.54, 1.807) is 32.2 Å². The van der Waals surface area contributed by atoms with Gasteiger partial charge in [0.2, 0.25) is 0 Å². The highest BCUT2D eigenvalue weighted by atomic mass is 32.2. The van der Waals surface area contributed by atoms with Crippen LogP contribution in [0, 0.1) is 0 Å². The van der Waals surface area contributed by atoms with E-state index >= 15 is 0 Å². The van der Waals surface area contributed by atoms with Gasteiger partial charge in [-0.2, -0.15) is 8.42 Å². The minimum Gasteiger partial charge on any atom is -0.493 e. The van der Waals surface area contributed by atoms with E-state index in [4.69, 9.17) is 18.8 Å². The predicted octanol–water partition coefficient (Wildman–Crippen LogP) is 3.36. The lowest BCUT2D eigenvalue weighted by Gasteiger charge is -2.36. The average molecular weight is 510 g/mol. The van der Waals surface area contributed by atoms with Crippen LogP contribution in [0.15, 0.2) is 48.5 Å². The lowest BCUT2D eigenvalue weighted by Crippen LogP contribution is -2.46. The molecule has 0 bridgehead atoms. The van der Waals surface area contributed by atoms with E-state index in [9.17, 15) is 13.2 Å². The lowest BCUT2D eigenvalue weighted by molar-refractivity contribution is 0.168. The molecule has 35 heavy (non-hydrogen) atoms. The molecule has 1 aliphatic rings. The molecule has 3 rings (SSSR count). The number of para-hydroxylation sites is 1. The quantitative estimate of drug-likeness (QED) is 0.387. The monoisotopic (exact) mass is 509 g/mol. The summed E-state index contributed by atoms with van der Waals surface area (Å²) >= 11 is 0. The molecule has 0 saturated carbocycles. The Morgan fingerprint density at radius 3 is 2.31 bits per heavy atom. The molecule has 2 aromatic rings. The molecule has 1 aliphatic heterocycles. The summed E-state index contributed by atoms with van der Waals surface area (Å²) in [6.07, 6.45) is 1.17. The van der Waals surface area contributed by atoms with Gasteiger partial charge in [-0.3, -0.25) is 14.8 Å². The van der Waals surface area contributed by atoms with E-state index in [0.717, 1.165) is 39.1 Å². The van der Waals surface area contributed by atoms with Gasteiger partial charge in [0.15, 0.2) is 11.5 Å². The third kappa shape index (κ3) is 11.3. The summed E-state index contributed by atoms with van der Waals surface area (Å²) in [4.78, 5) is 16.5. The predicted molar refractivity (Wildman–Crippen MR) is 136 cm³/mol. The molecule has 1 heterocycles. The van der Waals surface area contributed by atoms with Gasteiger partial charge >= 0.3 is 6.09 Å². The number of carbonyl (C=O) groups excluding carboxylic acids is 1. The molecule has 11 heteroatoms. The Morgan fingerprint density at radius 1 is 1.06 bits per heavy atom. The van der Waals surface area contributed by atoms with Gasteiger partial charge in [0.1, 0.15) is 0 Å². The molecule has 2 N–H and O–H groups in total. The zero-order valence-electron chi connectivity index (χ0n) is 20.5. The number of hydrogen-bond acceptors (Lipinski definition) is 8. The second-order valence-electron chi connectivity index (χ2n) is 7.81. The Hall–Kier alpha value is -3.02. The molecule has 10 nitrogen and oxygen atoms in total. The minimum atomic E-state index is -3.67. The van der Waals surface area contributed by atoms with Crippen molar-refractivity contribution in [3.05, 3.63) is 48.5 Å². The van der Waals surface area contributed by atoms with Crippen LogP contribution in [-0.4, -0.2) is 83.3 Å². The lowest BCUT2D eigenvalue weighted by atomic mass is 10.2. The molecule has 0 unspecified atom stereocenters. The Kier molecular flexibility index (Phi) is 11.6. The fourth-order valence-corrected chi connectivity index (χ4v) is 3.49. The van der Waals surface area contributed by atoms with E-state index < -0.39 is 16.2 Å². The molecular formula is C24H35N3O7S. The van der Waals surface area contributed by atoms with Crippen LogP contribution in [0.3, 0.4) is 0 Å². The number of nitrogens with zero attached hydrogens (tertiary/aromatic N) is 2. The second kappa shape index (κ2) is 14.4. The van der Waals surface area contributed by atoms with Gasteiger partial charge in [0.05, 0.1) is 26.6 Å². The number of anilines is 2. The van der Waals surface area contributed by atoms with Crippen molar-refractivity contribution in [2.24, 2.45) is 0 Å². The first-order valence-corrected chi connectivity index (χ1v) is 13.2. The highest BCUT2D eigenvalue weighted by molar-refractivity contribution is 7.85. The van der Waals surface area contributed by atoms with Crippen molar-refractivity contribution in [2.45, 2.75) is 13.3 Å². The second-order valence-corrected chi connectivity index (χ2v) is 9.28. The standard InChI is InChI=1S/C23H31N3O4.CH4O3S/c1-3-29-23(27)24-19-10-11-21(22(18-19)28-2)30-17-7-12-25-13-15-26(16-14-25)20-8-5-4-6-9-20;1-5(2,3)4/h4-6,8-11,18H,3,7,12-17H2,1-2H3,(H,24,27);1H3,(H,2,3,4). The number of benzene rings is 2. The summed E-state index contributed by atoms with van der Waals surface area (Å²) in [6.45, 7) is 7.93. The molecule has 1 saturated heterocycles. The highest BCUT2D eigenvalue weighted by Crippen LogP contribution is 2.30. The number of nitrogens with one attached hydrogen (secondary N) is 1. The van der Waals surface area contributed by atoms with Gasteiger partial charge < -0.3 is 19.1 Å². The summed E-state index contributed by atoms with van der Waals surface area (Å²) in [5.74, 6) is 1.25. The minimum absolute atomic E-state index is 0.325. The largest absolute Gasteiger partial charge is 0.493 e. The van der Waals surface area contributed by atoms with Crippen molar-refractivity contribution in [3.8, 4) is 11.5 Å². The van der Waals surface area contributed by atoms with Crippen LogP contribution in [0.2, 0.25) is 0 Å². The van der Waals surface area contributed by atoms with Crippen LogP contribution < -0.4 is 19.7 Å². The van der Waals surface area contributed by atoms with Crippen molar-refractivity contribution < 1.29 is 32.0 Å². The Morgan fingerprint density at radius 2 is 1.71 bits per heavy atom. The molecule has 194 valence electrons. The summed E-state index contributed by atoms with van der Waals surface area (Å²) in [7, 11) is -2.08. The average Bonchev–Trinajstić information content (AvgIpc) is 2.82. The molecule has 0 aromatic heterocycles. The topological polar surface area (TPSA) is 118 Å². The number of piperazine rings is 1. The number of amides is 1. The van der Waals surface area contributed by atoms with E-state index in [2.05, 4.69) is 45.4 Å². The Balaban J connectivity index is 0.000000784. The number of carbonyl (C=O) groups is 1. The van der Waals surface area contributed by atoms with Gasteiger partial charge in [-0.25, -0.2) is 4.79 Å². The molecule has 0 aliphatic carbocycles. The van der Waals surface area contributed by atoms with Crippen LogP contribution in [0.1, 0.15) is 13.3 Å². The smallest absolute Gasteiger partial charge is 0.411 e. The summed E-state index contributed by atoms with van der Waals surface area (Å²) < 4.78 is 42.1. The van der Waals surface area contributed by atoms with E-state index in [-0.39, 0.29) is 0 Å². The summed E-state index contributed by atoms with van der Waals surface area (Å²) in [6, 6.07) is 15.9. The molecule has 2 aromatic carbocycles. The fourth-order valence-electron chi connectivity index (χ4n) is 3.49. The molecule has 0 atom stereocenters. The van der Waals surface area contributed by atoms with Crippen molar-refractivity contribution in [1.82, 2.24) is 4.90 Å². The first-order valence-electron chi connectivity index (χ1n) is 11.4. The van der Waals surface area contributed by atoms with Crippen molar-refractivity contribution in [2.75, 3.05) is 69.5 Å². The van der Waals surface area contributed by atoms with Crippen LogP contribution >= 0.6 is 0 Å². The first kappa shape index (κ1) is 28.2. The maximum absolute atomic E-state index is 11.5. The van der Waals surface area contributed by atoms with Crippen LogP contribution in [-0.2, 0) is 14.9 Å². The van der Waals surface area contributed by atoms with Crippen molar-refractivity contribution in [3.63, 3.8) is 0 Å². The van der Waals surface area contributed by atoms with Gasteiger partial charge in [-0.05, 0) is 37.6 Å². The van der Waals surface area contributed by atoms with Crippen LogP contribution in [0.5, 0.6) is 11.5 Å². The summed E-state index contributed by atoms with van der Waals surface area (Å²) in [5.41, 5.74) is 1.91. The molecule has 1 amide bonds. The van der Waals surface area contributed by atoms with E-state index in [1.165, 1.54) is 5.69 Å². The van der Waals surface area contributed by atoms with Gasteiger partial charge in [0, 0.05) is 50.2 Å². The zero-order valence-corrected chi connectivity index (χ0v) is 21.3. The van der Waals surface area contributed by atoms with Gasteiger partial charge in [-0.15, -0.1) is 0 Å². The molecular weight excluding hydrogens is 474 g/mol. The third-order valence-electron chi connectivity index (χ3n) is 5.06. The summed E-state index contributed by atoms with van der Waals surface area (Å²) in [5, 5.41) is 2.66. The normalized spacial score (nSPS) is 13.9. The molecule has 1 fully saturated rings. The number of rotatable bonds is 9.